The highest BCUT2D eigenvalue weighted by atomic mass is 79.9. The lowest BCUT2D eigenvalue weighted by Gasteiger charge is -2.44. The summed E-state index contributed by atoms with van der Waals surface area (Å²) in [6.07, 6.45) is -3.07. The highest BCUT2D eigenvalue weighted by Crippen LogP contribution is 2.36. The maximum atomic E-state index is 14.1. The van der Waals surface area contributed by atoms with Gasteiger partial charge in [0, 0.05) is 68.1 Å². The van der Waals surface area contributed by atoms with Crippen LogP contribution in [0.15, 0.2) is 40.9 Å². The first-order valence-electron chi connectivity index (χ1n) is 13.2. The molecular formula is C29H32BrF4N3O3. The Hall–Kier alpha value is -2.95. The number of carbonyl (C=O) groups excluding carboxylic acids is 3. The van der Waals surface area contributed by atoms with Crippen LogP contribution in [0.4, 0.5) is 17.6 Å². The predicted octanol–water partition coefficient (Wildman–Crippen LogP) is 5.63. The number of nitrogens with zero attached hydrogens (tertiary/aromatic N) is 3. The number of piperidine rings is 2. The first-order chi connectivity index (χ1) is 18.8. The van der Waals surface area contributed by atoms with Gasteiger partial charge in [0.2, 0.25) is 11.8 Å². The molecule has 2 aliphatic heterocycles. The minimum Gasteiger partial charge on any atom is -0.343 e. The van der Waals surface area contributed by atoms with Crippen LogP contribution in [0.2, 0.25) is 0 Å². The number of amides is 3. The van der Waals surface area contributed by atoms with Gasteiger partial charge in [-0.3, -0.25) is 14.4 Å². The molecule has 3 amide bonds. The second-order valence-electron chi connectivity index (χ2n) is 10.7. The Morgan fingerprint density at radius 3 is 2.23 bits per heavy atom. The van der Waals surface area contributed by atoms with E-state index in [4.69, 9.17) is 0 Å². The van der Waals surface area contributed by atoms with Crippen molar-refractivity contribution < 1.29 is 31.9 Å². The SMILES string of the molecule is CC(=O)N1CCC(C(=O)N2CC[C@@H](N(C)C(=O)c3cc(Br)cc(C(F)(F)F)c3)[C@H](c3ccc(F)c(C)c3)C2)CC1. The molecule has 2 saturated heterocycles. The first-order valence-corrected chi connectivity index (χ1v) is 14.0. The summed E-state index contributed by atoms with van der Waals surface area (Å²) in [5.41, 5.74) is 0.138. The van der Waals surface area contributed by atoms with Crippen molar-refractivity contribution in [1.82, 2.24) is 14.7 Å². The van der Waals surface area contributed by atoms with Gasteiger partial charge in [-0.25, -0.2) is 4.39 Å². The van der Waals surface area contributed by atoms with E-state index in [1.54, 1.807) is 35.9 Å². The number of alkyl halides is 3. The standard InChI is InChI=1S/C29H32BrF4N3O3/c1-17-12-20(4-5-25(17)31)24-16-37(28(40)19-6-9-36(10-7-19)18(2)38)11-8-26(24)35(3)27(39)21-13-22(29(32,33)34)15-23(30)14-21/h4-5,12-15,19,24,26H,6-11,16H2,1-3H3/t24-,26+/m0/s1. The van der Waals surface area contributed by atoms with Crippen molar-refractivity contribution >= 4 is 33.7 Å². The van der Waals surface area contributed by atoms with Crippen LogP contribution in [0.5, 0.6) is 0 Å². The van der Waals surface area contributed by atoms with E-state index in [9.17, 15) is 31.9 Å². The Bertz CT molecular complexity index is 1290. The zero-order valence-electron chi connectivity index (χ0n) is 22.6. The third-order valence-electron chi connectivity index (χ3n) is 8.08. The quantitative estimate of drug-likeness (QED) is 0.414. The van der Waals surface area contributed by atoms with Gasteiger partial charge < -0.3 is 14.7 Å². The van der Waals surface area contributed by atoms with Crippen LogP contribution in [0.25, 0.3) is 0 Å². The molecule has 0 N–H and O–H groups in total. The molecule has 2 aromatic rings. The van der Waals surface area contributed by atoms with Crippen molar-refractivity contribution in [2.24, 2.45) is 5.92 Å². The molecule has 2 aromatic carbocycles. The topological polar surface area (TPSA) is 60.9 Å². The molecule has 216 valence electrons. The van der Waals surface area contributed by atoms with E-state index in [0.717, 1.165) is 17.7 Å². The molecule has 6 nitrogen and oxygen atoms in total. The fraction of sp³-hybridized carbons (Fsp3) is 0.483. The van der Waals surface area contributed by atoms with Crippen LogP contribution in [-0.2, 0) is 15.8 Å². The highest BCUT2D eigenvalue weighted by Gasteiger charge is 2.40. The van der Waals surface area contributed by atoms with E-state index >= 15 is 0 Å². The number of hydrogen-bond donors (Lipinski definition) is 0. The summed E-state index contributed by atoms with van der Waals surface area (Å²) in [5.74, 6) is -1.57. The lowest BCUT2D eigenvalue weighted by atomic mass is 9.83. The molecular weight excluding hydrogens is 594 g/mol. The number of hydrogen-bond acceptors (Lipinski definition) is 3. The molecule has 0 unspecified atom stereocenters. The molecule has 0 aromatic heterocycles. The van der Waals surface area contributed by atoms with Gasteiger partial charge in [0.05, 0.1) is 5.56 Å². The molecule has 0 saturated carbocycles. The lowest BCUT2D eigenvalue weighted by molar-refractivity contribution is -0.141. The molecule has 4 rings (SSSR count). The minimum atomic E-state index is -4.61. The van der Waals surface area contributed by atoms with E-state index in [-0.39, 0.29) is 46.0 Å². The smallest absolute Gasteiger partial charge is 0.343 e. The van der Waals surface area contributed by atoms with Crippen molar-refractivity contribution in [3.8, 4) is 0 Å². The Kier molecular flexibility index (Phi) is 8.92. The molecule has 0 aliphatic carbocycles. The number of halogens is 5. The fourth-order valence-electron chi connectivity index (χ4n) is 5.76. The molecule has 11 heteroatoms. The average Bonchev–Trinajstić information content (AvgIpc) is 2.92. The molecule has 0 spiro atoms. The Labute approximate surface area is 239 Å². The van der Waals surface area contributed by atoms with Crippen molar-refractivity contribution in [2.75, 3.05) is 33.2 Å². The van der Waals surface area contributed by atoms with Gasteiger partial charge in [-0.05, 0) is 61.6 Å². The van der Waals surface area contributed by atoms with Crippen LogP contribution >= 0.6 is 15.9 Å². The molecule has 2 heterocycles. The number of carbonyl (C=O) groups is 3. The highest BCUT2D eigenvalue weighted by molar-refractivity contribution is 9.10. The zero-order valence-corrected chi connectivity index (χ0v) is 24.2. The van der Waals surface area contributed by atoms with Crippen molar-refractivity contribution in [2.45, 2.75) is 51.2 Å². The van der Waals surface area contributed by atoms with Crippen LogP contribution in [-0.4, -0.2) is 71.7 Å². The van der Waals surface area contributed by atoms with Crippen molar-refractivity contribution in [3.05, 3.63) is 68.9 Å². The van der Waals surface area contributed by atoms with Gasteiger partial charge in [0.1, 0.15) is 5.82 Å². The van der Waals surface area contributed by atoms with Crippen LogP contribution in [0.1, 0.15) is 59.2 Å². The van der Waals surface area contributed by atoms with E-state index in [2.05, 4.69) is 15.9 Å². The summed E-state index contributed by atoms with van der Waals surface area (Å²) in [6, 6.07) is 7.38. The third-order valence-corrected chi connectivity index (χ3v) is 8.54. The van der Waals surface area contributed by atoms with Crippen molar-refractivity contribution in [1.29, 1.82) is 0 Å². The van der Waals surface area contributed by atoms with Gasteiger partial charge in [-0.15, -0.1) is 0 Å². The zero-order chi connectivity index (χ0) is 29.4. The Morgan fingerprint density at radius 2 is 1.62 bits per heavy atom. The molecule has 2 fully saturated rings. The molecule has 2 atom stereocenters. The Balaban J connectivity index is 1.59. The monoisotopic (exact) mass is 625 g/mol. The summed E-state index contributed by atoms with van der Waals surface area (Å²) in [6.45, 7) is 4.84. The van der Waals surface area contributed by atoms with Gasteiger partial charge >= 0.3 is 6.18 Å². The molecule has 2 aliphatic rings. The summed E-state index contributed by atoms with van der Waals surface area (Å²) < 4.78 is 54.5. The van der Waals surface area contributed by atoms with E-state index in [1.807, 2.05) is 0 Å². The van der Waals surface area contributed by atoms with Crippen LogP contribution < -0.4 is 0 Å². The number of likely N-dealkylation sites (N-methyl/N-ethyl adjacent to an activating group) is 1. The average molecular weight is 626 g/mol. The second-order valence-corrected chi connectivity index (χ2v) is 11.6. The van der Waals surface area contributed by atoms with Gasteiger partial charge in [0.15, 0.2) is 0 Å². The van der Waals surface area contributed by atoms with Gasteiger partial charge in [-0.1, -0.05) is 28.1 Å². The Morgan fingerprint density at radius 1 is 0.975 bits per heavy atom. The van der Waals surface area contributed by atoms with Crippen molar-refractivity contribution in [3.63, 3.8) is 0 Å². The summed E-state index contributed by atoms with van der Waals surface area (Å²) in [5, 5.41) is 0. The van der Waals surface area contributed by atoms with Crippen LogP contribution in [0, 0.1) is 18.7 Å². The number of rotatable bonds is 4. The third kappa shape index (κ3) is 6.50. The first kappa shape index (κ1) is 30.0. The predicted molar refractivity (Wildman–Crippen MR) is 145 cm³/mol. The largest absolute Gasteiger partial charge is 0.416 e. The van der Waals surface area contributed by atoms with E-state index in [1.165, 1.54) is 24.0 Å². The number of aryl methyl sites for hydroxylation is 1. The maximum absolute atomic E-state index is 14.1. The van der Waals surface area contributed by atoms with E-state index < -0.39 is 23.7 Å². The normalized spacial score (nSPS) is 20.4. The minimum absolute atomic E-state index is 0.0127. The molecule has 40 heavy (non-hydrogen) atoms. The molecule has 0 bridgehead atoms. The van der Waals surface area contributed by atoms with Gasteiger partial charge in [-0.2, -0.15) is 13.2 Å². The molecule has 0 radical (unpaired) electrons. The lowest BCUT2D eigenvalue weighted by Crippen LogP contribution is -2.53. The maximum Gasteiger partial charge on any atom is 0.416 e. The summed E-state index contributed by atoms with van der Waals surface area (Å²) in [7, 11) is 1.56. The number of benzene rings is 2. The fourth-order valence-corrected chi connectivity index (χ4v) is 6.25. The number of likely N-dealkylation sites (tertiary alicyclic amines) is 2. The second kappa shape index (κ2) is 11.9. The van der Waals surface area contributed by atoms with E-state index in [0.29, 0.717) is 44.5 Å². The summed E-state index contributed by atoms with van der Waals surface area (Å²) in [4.78, 5) is 43.6. The van der Waals surface area contributed by atoms with Gasteiger partial charge in [0.25, 0.3) is 5.91 Å². The summed E-state index contributed by atoms with van der Waals surface area (Å²) >= 11 is 3.08. The van der Waals surface area contributed by atoms with Crippen LogP contribution in [0.3, 0.4) is 0 Å².